The molecule has 0 saturated heterocycles. The second kappa shape index (κ2) is 4.99. The van der Waals surface area contributed by atoms with Gasteiger partial charge < -0.3 is 5.32 Å². The molecule has 0 atom stereocenters. The van der Waals surface area contributed by atoms with E-state index in [9.17, 15) is 0 Å². The molecule has 0 unspecified atom stereocenters. The van der Waals surface area contributed by atoms with Crippen LogP contribution in [-0.2, 0) is 0 Å². The Morgan fingerprint density at radius 1 is 1.44 bits per heavy atom. The number of halogens is 1. The summed E-state index contributed by atoms with van der Waals surface area (Å²) in [5.74, 6) is 0.730. The van der Waals surface area contributed by atoms with Crippen molar-refractivity contribution in [3.05, 3.63) is 34.9 Å². The van der Waals surface area contributed by atoms with Gasteiger partial charge in [-0.25, -0.2) is 10.4 Å². The molecule has 4 nitrogen and oxygen atoms in total. The third-order valence-corrected chi connectivity index (χ3v) is 2.52. The number of rotatable bonds is 2. The van der Waals surface area contributed by atoms with Gasteiger partial charge in [0.25, 0.3) is 0 Å². The minimum absolute atomic E-state index is 0.728. The molecule has 1 heterocycles. The first-order valence-electron chi connectivity index (χ1n) is 5.10. The number of hydrazone groups is 1. The van der Waals surface area contributed by atoms with Crippen LogP contribution in [0.25, 0.3) is 0 Å². The molecule has 16 heavy (non-hydrogen) atoms. The van der Waals surface area contributed by atoms with Crippen LogP contribution in [0.1, 0.15) is 12.5 Å². The van der Waals surface area contributed by atoms with Crippen LogP contribution < -0.4 is 10.7 Å². The second-order valence-electron chi connectivity index (χ2n) is 3.47. The number of guanidine groups is 1. The van der Waals surface area contributed by atoms with Crippen LogP contribution in [0, 0.1) is 0 Å². The minimum Gasteiger partial charge on any atom is -0.353 e. The minimum atomic E-state index is 0.728. The molecule has 2 rings (SSSR count). The average molecular weight is 237 g/mol. The van der Waals surface area contributed by atoms with Crippen molar-refractivity contribution in [1.82, 2.24) is 10.7 Å². The van der Waals surface area contributed by atoms with Gasteiger partial charge in [-0.1, -0.05) is 23.7 Å². The zero-order valence-corrected chi connectivity index (χ0v) is 9.75. The number of hydrogen-bond acceptors (Lipinski definition) is 4. The van der Waals surface area contributed by atoms with Gasteiger partial charge in [-0.05, 0) is 24.6 Å². The molecular formula is C11H13ClN4. The molecule has 0 aliphatic carbocycles. The molecule has 1 aliphatic rings. The molecule has 1 aromatic carbocycles. The van der Waals surface area contributed by atoms with E-state index in [0.29, 0.717) is 0 Å². The maximum atomic E-state index is 5.81. The lowest BCUT2D eigenvalue weighted by Crippen LogP contribution is -2.30. The molecule has 0 aromatic heterocycles. The third kappa shape index (κ3) is 2.73. The van der Waals surface area contributed by atoms with Gasteiger partial charge in [-0.15, -0.1) is 0 Å². The Kier molecular flexibility index (Phi) is 3.41. The molecule has 0 saturated carbocycles. The Morgan fingerprint density at radius 3 is 2.81 bits per heavy atom. The number of nitrogens with zero attached hydrogens (tertiary/aromatic N) is 2. The van der Waals surface area contributed by atoms with E-state index in [4.69, 9.17) is 11.6 Å². The second-order valence-corrected chi connectivity index (χ2v) is 3.91. The summed E-state index contributed by atoms with van der Waals surface area (Å²) in [6, 6.07) is 7.57. The Balaban J connectivity index is 2.03. The fourth-order valence-corrected chi connectivity index (χ4v) is 1.49. The Labute approximate surface area is 99.4 Å². The van der Waals surface area contributed by atoms with Crippen molar-refractivity contribution >= 4 is 23.3 Å². The van der Waals surface area contributed by atoms with E-state index in [1.54, 1.807) is 0 Å². The summed E-state index contributed by atoms with van der Waals surface area (Å²) in [6.07, 6.45) is 0. The van der Waals surface area contributed by atoms with Crippen molar-refractivity contribution < 1.29 is 0 Å². The first-order valence-corrected chi connectivity index (χ1v) is 5.48. The van der Waals surface area contributed by atoms with Crippen LogP contribution >= 0.6 is 11.6 Å². The summed E-state index contributed by atoms with van der Waals surface area (Å²) < 4.78 is 0. The van der Waals surface area contributed by atoms with E-state index < -0.39 is 0 Å². The first kappa shape index (κ1) is 11.0. The molecule has 2 N–H and O–H groups in total. The van der Waals surface area contributed by atoms with Crippen molar-refractivity contribution in [3.63, 3.8) is 0 Å². The maximum absolute atomic E-state index is 5.81. The monoisotopic (exact) mass is 236 g/mol. The predicted octanol–water partition coefficient (Wildman–Crippen LogP) is 1.61. The highest BCUT2D eigenvalue weighted by molar-refractivity contribution is 6.30. The number of aliphatic imine (C=N–C) groups is 1. The number of hydrogen-bond donors (Lipinski definition) is 2. The quantitative estimate of drug-likeness (QED) is 0.606. The first-order chi connectivity index (χ1) is 7.75. The molecule has 0 spiro atoms. The third-order valence-electron chi connectivity index (χ3n) is 2.27. The standard InChI is InChI=1S/C11H13ClN4/c1-8(9-2-4-10(12)5-3-9)15-16-11-13-6-7-14-11/h2-5H,6-7H2,1H3,(H2,13,14,16). The lowest BCUT2D eigenvalue weighted by Gasteiger charge is -2.03. The fraction of sp³-hybridized carbons (Fsp3) is 0.273. The normalized spacial score (nSPS) is 15.6. The van der Waals surface area contributed by atoms with Gasteiger partial charge in [-0.3, -0.25) is 0 Å². The summed E-state index contributed by atoms with van der Waals surface area (Å²) in [5.41, 5.74) is 4.82. The van der Waals surface area contributed by atoms with E-state index in [1.165, 1.54) is 0 Å². The van der Waals surface area contributed by atoms with Crippen LogP contribution in [-0.4, -0.2) is 24.8 Å². The van der Waals surface area contributed by atoms with E-state index in [1.807, 2.05) is 31.2 Å². The zero-order valence-electron chi connectivity index (χ0n) is 9.00. The van der Waals surface area contributed by atoms with E-state index >= 15 is 0 Å². The van der Waals surface area contributed by atoms with Gasteiger partial charge in [0.2, 0.25) is 5.96 Å². The predicted molar refractivity (Wildman–Crippen MR) is 67.1 cm³/mol. The zero-order chi connectivity index (χ0) is 11.4. The highest BCUT2D eigenvalue weighted by atomic mass is 35.5. The van der Waals surface area contributed by atoms with E-state index in [-0.39, 0.29) is 0 Å². The van der Waals surface area contributed by atoms with Crippen LogP contribution in [0.5, 0.6) is 0 Å². The number of benzene rings is 1. The molecule has 84 valence electrons. The Morgan fingerprint density at radius 2 is 2.19 bits per heavy atom. The van der Waals surface area contributed by atoms with Crippen molar-refractivity contribution in [2.24, 2.45) is 10.1 Å². The summed E-state index contributed by atoms with van der Waals surface area (Å²) in [6.45, 7) is 3.61. The van der Waals surface area contributed by atoms with Crippen LogP contribution in [0.15, 0.2) is 34.4 Å². The largest absolute Gasteiger partial charge is 0.353 e. The fourth-order valence-electron chi connectivity index (χ4n) is 1.37. The smallest absolute Gasteiger partial charge is 0.212 e. The molecule has 5 heteroatoms. The van der Waals surface area contributed by atoms with Gasteiger partial charge in [0.15, 0.2) is 0 Å². The number of nitrogens with one attached hydrogen (secondary N) is 2. The van der Waals surface area contributed by atoms with Crippen molar-refractivity contribution in [1.29, 1.82) is 0 Å². The van der Waals surface area contributed by atoms with Gasteiger partial charge in [0.1, 0.15) is 0 Å². The molecule has 0 radical (unpaired) electrons. The summed E-state index contributed by atoms with van der Waals surface area (Å²) in [7, 11) is 0. The molecule has 0 fully saturated rings. The Hall–Kier alpha value is -1.55. The van der Waals surface area contributed by atoms with Crippen LogP contribution in [0.2, 0.25) is 5.02 Å². The summed E-state index contributed by atoms with van der Waals surface area (Å²) in [4.78, 5) is 4.18. The molecule has 0 bridgehead atoms. The topological polar surface area (TPSA) is 48.8 Å². The molecule has 1 aliphatic heterocycles. The lowest BCUT2D eigenvalue weighted by molar-refractivity contribution is 0.917. The van der Waals surface area contributed by atoms with Crippen molar-refractivity contribution in [3.8, 4) is 0 Å². The lowest BCUT2D eigenvalue weighted by atomic mass is 10.1. The average Bonchev–Trinajstić information content (AvgIpc) is 2.80. The Bertz CT molecular complexity index is 422. The molecular weight excluding hydrogens is 224 g/mol. The van der Waals surface area contributed by atoms with Gasteiger partial charge in [0.05, 0.1) is 12.3 Å². The molecule has 1 aromatic rings. The summed E-state index contributed by atoms with van der Waals surface area (Å²) in [5, 5.41) is 8.05. The van der Waals surface area contributed by atoms with Crippen LogP contribution in [0.3, 0.4) is 0 Å². The van der Waals surface area contributed by atoms with Gasteiger partial charge in [-0.2, -0.15) is 5.10 Å². The molecule has 0 amide bonds. The maximum Gasteiger partial charge on any atom is 0.212 e. The highest BCUT2D eigenvalue weighted by Crippen LogP contribution is 2.09. The highest BCUT2D eigenvalue weighted by Gasteiger charge is 2.03. The van der Waals surface area contributed by atoms with Crippen molar-refractivity contribution in [2.75, 3.05) is 13.1 Å². The summed E-state index contributed by atoms with van der Waals surface area (Å²) >= 11 is 5.81. The van der Waals surface area contributed by atoms with E-state index in [0.717, 1.165) is 35.3 Å². The van der Waals surface area contributed by atoms with Crippen LogP contribution in [0.4, 0.5) is 0 Å². The van der Waals surface area contributed by atoms with Crippen molar-refractivity contribution in [2.45, 2.75) is 6.92 Å². The van der Waals surface area contributed by atoms with Gasteiger partial charge in [0, 0.05) is 11.6 Å². The van der Waals surface area contributed by atoms with Gasteiger partial charge >= 0.3 is 0 Å². The SMILES string of the molecule is CC(=NNC1=NCCN1)c1ccc(Cl)cc1. The van der Waals surface area contributed by atoms with E-state index in [2.05, 4.69) is 20.8 Å².